The first-order chi connectivity index (χ1) is 9.47. The molecule has 3 N–H and O–H groups in total. The molecule has 1 aliphatic carbocycles. The van der Waals surface area contributed by atoms with Crippen LogP contribution in [0.15, 0.2) is 18.2 Å². The average molecular weight is 276 g/mol. The molecule has 0 aromatic heterocycles. The molecule has 6 heteroatoms. The Morgan fingerprint density at radius 3 is 2.80 bits per heavy atom. The smallest absolute Gasteiger partial charge is 0.318 e. The quantitative estimate of drug-likeness (QED) is 0.865. The third-order valence-electron chi connectivity index (χ3n) is 3.16. The van der Waals surface area contributed by atoms with E-state index in [9.17, 15) is 14.4 Å². The van der Waals surface area contributed by atoms with E-state index in [4.69, 9.17) is 10.5 Å². The van der Waals surface area contributed by atoms with Crippen molar-refractivity contribution in [2.24, 2.45) is 5.73 Å². The number of hydrogen-bond acceptors (Lipinski definition) is 4. The molecule has 0 saturated carbocycles. The number of ether oxygens (including phenoxy) is 1. The number of ketones is 1. The van der Waals surface area contributed by atoms with Crippen molar-refractivity contribution in [2.75, 3.05) is 0 Å². The van der Waals surface area contributed by atoms with Gasteiger partial charge in [0.1, 0.15) is 5.75 Å². The lowest BCUT2D eigenvalue weighted by atomic mass is 9.90. The molecular weight excluding hydrogens is 260 g/mol. The number of aryl methyl sites for hydroxylation is 1. The molecule has 1 aliphatic rings. The number of nitrogens with one attached hydrogen (secondary N) is 1. The van der Waals surface area contributed by atoms with Gasteiger partial charge in [0.05, 0.1) is 0 Å². The molecule has 0 bridgehead atoms. The van der Waals surface area contributed by atoms with Crippen molar-refractivity contribution >= 4 is 17.7 Å². The zero-order chi connectivity index (χ0) is 14.7. The van der Waals surface area contributed by atoms with Crippen LogP contribution in [0.3, 0.4) is 0 Å². The number of fused-ring (bicyclic) bond motifs is 1. The summed E-state index contributed by atoms with van der Waals surface area (Å²) >= 11 is 0. The lowest BCUT2D eigenvalue weighted by Gasteiger charge is -2.18. The number of nitrogens with two attached hydrogens (primary N) is 1. The molecule has 20 heavy (non-hydrogen) atoms. The summed E-state index contributed by atoms with van der Waals surface area (Å²) in [6.45, 7) is 1.50. The molecule has 106 valence electrons. The molecule has 0 saturated heterocycles. The molecule has 1 unspecified atom stereocenters. The number of hydrogen-bond donors (Lipinski definition) is 2. The van der Waals surface area contributed by atoms with E-state index >= 15 is 0 Å². The minimum absolute atomic E-state index is 0.0888. The van der Waals surface area contributed by atoms with Gasteiger partial charge in [-0.15, -0.1) is 0 Å². The van der Waals surface area contributed by atoms with E-state index in [0.29, 0.717) is 17.7 Å². The summed E-state index contributed by atoms with van der Waals surface area (Å²) in [7, 11) is 0. The van der Waals surface area contributed by atoms with Crippen LogP contribution in [-0.4, -0.2) is 23.8 Å². The number of rotatable bonds is 3. The Balaban J connectivity index is 2.10. The van der Waals surface area contributed by atoms with Gasteiger partial charge in [0.15, 0.2) is 11.9 Å². The highest BCUT2D eigenvalue weighted by Gasteiger charge is 2.20. The van der Waals surface area contributed by atoms with Gasteiger partial charge in [-0.25, -0.2) is 4.79 Å². The highest BCUT2D eigenvalue weighted by Crippen LogP contribution is 2.25. The van der Waals surface area contributed by atoms with Crippen molar-refractivity contribution in [2.45, 2.75) is 32.3 Å². The zero-order valence-electron chi connectivity index (χ0n) is 11.1. The van der Waals surface area contributed by atoms with E-state index in [1.807, 2.05) is 11.4 Å². The summed E-state index contributed by atoms with van der Waals surface area (Å²) < 4.78 is 5.42. The molecule has 0 aliphatic heterocycles. The molecule has 1 atom stereocenters. The largest absolute Gasteiger partial charge is 0.481 e. The van der Waals surface area contributed by atoms with Gasteiger partial charge in [-0.1, -0.05) is 6.07 Å². The Kier molecular flexibility index (Phi) is 4.02. The number of Topliss-reactive ketones (excluding diaryl/α,β-unsaturated/α-hetero) is 1. The van der Waals surface area contributed by atoms with Crippen molar-refractivity contribution < 1.29 is 19.1 Å². The van der Waals surface area contributed by atoms with Crippen molar-refractivity contribution in [1.82, 2.24) is 5.32 Å². The van der Waals surface area contributed by atoms with Gasteiger partial charge in [0, 0.05) is 12.0 Å². The molecule has 1 aromatic carbocycles. The summed E-state index contributed by atoms with van der Waals surface area (Å²) in [5.41, 5.74) is 6.51. The Labute approximate surface area is 116 Å². The summed E-state index contributed by atoms with van der Waals surface area (Å²) in [6.07, 6.45) is 1.40. The molecule has 0 spiro atoms. The number of amides is 3. The normalized spacial score (nSPS) is 15.2. The SMILES string of the molecule is CC(Oc1ccc2c(c1)C(=O)CCC2)C(=O)NC(N)=O. The Morgan fingerprint density at radius 1 is 1.35 bits per heavy atom. The maximum absolute atomic E-state index is 11.8. The topological polar surface area (TPSA) is 98.5 Å². The maximum Gasteiger partial charge on any atom is 0.318 e. The average Bonchev–Trinajstić information content (AvgIpc) is 2.39. The van der Waals surface area contributed by atoms with Gasteiger partial charge in [-0.3, -0.25) is 14.9 Å². The summed E-state index contributed by atoms with van der Waals surface area (Å²) in [5, 5.41) is 1.94. The van der Waals surface area contributed by atoms with Crippen LogP contribution in [0.5, 0.6) is 5.75 Å². The molecule has 0 heterocycles. The van der Waals surface area contributed by atoms with Crippen LogP contribution in [0.1, 0.15) is 35.7 Å². The lowest BCUT2D eigenvalue weighted by Crippen LogP contribution is -2.42. The second kappa shape index (κ2) is 5.73. The number of benzene rings is 1. The van der Waals surface area contributed by atoms with Crippen LogP contribution in [0, 0.1) is 0 Å². The monoisotopic (exact) mass is 276 g/mol. The van der Waals surface area contributed by atoms with Gasteiger partial charge in [0.2, 0.25) is 0 Å². The fourth-order valence-corrected chi connectivity index (χ4v) is 2.16. The predicted octanol–water partition coefficient (Wildman–Crippen LogP) is 1.17. The standard InChI is InChI=1S/C14H16N2O4/c1-8(13(18)16-14(15)19)20-10-6-5-9-3-2-4-12(17)11(9)7-10/h5-8H,2-4H2,1H3,(H3,15,16,18,19). The fourth-order valence-electron chi connectivity index (χ4n) is 2.16. The molecule has 1 aromatic rings. The number of carbonyl (C=O) groups is 3. The molecule has 6 nitrogen and oxygen atoms in total. The summed E-state index contributed by atoms with van der Waals surface area (Å²) in [6, 6.07) is 4.27. The summed E-state index contributed by atoms with van der Waals surface area (Å²) in [4.78, 5) is 33.9. The van der Waals surface area contributed by atoms with E-state index < -0.39 is 18.0 Å². The van der Waals surface area contributed by atoms with Gasteiger partial charge in [-0.05, 0) is 37.5 Å². The van der Waals surface area contributed by atoms with Crippen molar-refractivity contribution in [3.05, 3.63) is 29.3 Å². The van der Waals surface area contributed by atoms with Crippen molar-refractivity contribution in [1.29, 1.82) is 0 Å². The Morgan fingerprint density at radius 2 is 2.10 bits per heavy atom. The minimum Gasteiger partial charge on any atom is -0.481 e. The number of imide groups is 1. The minimum atomic E-state index is -0.925. The maximum atomic E-state index is 11.8. The first kappa shape index (κ1) is 14.0. The fraction of sp³-hybridized carbons (Fsp3) is 0.357. The first-order valence-corrected chi connectivity index (χ1v) is 6.40. The van der Waals surface area contributed by atoms with E-state index in [-0.39, 0.29) is 5.78 Å². The molecule has 0 fully saturated rings. The molecule has 0 radical (unpaired) electrons. The number of urea groups is 1. The molecule has 3 amide bonds. The number of carbonyl (C=O) groups excluding carboxylic acids is 3. The van der Waals surface area contributed by atoms with Crippen LogP contribution in [-0.2, 0) is 11.2 Å². The van der Waals surface area contributed by atoms with Gasteiger partial charge < -0.3 is 10.5 Å². The highest BCUT2D eigenvalue weighted by atomic mass is 16.5. The van der Waals surface area contributed by atoms with E-state index in [0.717, 1.165) is 18.4 Å². The van der Waals surface area contributed by atoms with Crippen LogP contribution < -0.4 is 15.8 Å². The van der Waals surface area contributed by atoms with Crippen molar-refractivity contribution in [3.63, 3.8) is 0 Å². The van der Waals surface area contributed by atoms with E-state index in [2.05, 4.69) is 0 Å². The second-order valence-corrected chi connectivity index (χ2v) is 4.71. The number of primary amides is 1. The van der Waals surface area contributed by atoms with E-state index in [1.165, 1.54) is 6.92 Å². The Hall–Kier alpha value is -2.37. The molecular formula is C14H16N2O4. The van der Waals surface area contributed by atoms with Crippen LogP contribution in [0.2, 0.25) is 0 Å². The van der Waals surface area contributed by atoms with Crippen molar-refractivity contribution in [3.8, 4) is 5.75 Å². The van der Waals surface area contributed by atoms with Gasteiger partial charge >= 0.3 is 6.03 Å². The third kappa shape index (κ3) is 3.14. The molecule has 2 rings (SSSR count). The van der Waals surface area contributed by atoms with Crippen LogP contribution in [0.25, 0.3) is 0 Å². The van der Waals surface area contributed by atoms with Gasteiger partial charge in [0.25, 0.3) is 5.91 Å². The van der Waals surface area contributed by atoms with Gasteiger partial charge in [-0.2, -0.15) is 0 Å². The zero-order valence-corrected chi connectivity index (χ0v) is 11.1. The van der Waals surface area contributed by atoms with Crippen LogP contribution in [0.4, 0.5) is 4.79 Å². The van der Waals surface area contributed by atoms with Crippen LogP contribution >= 0.6 is 0 Å². The highest BCUT2D eigenvalue weighted by molar-refractivity contribution is 5.99. The van der Waals surface area contributed by atoms with E-state index in [1.54, 1.807) is 12.1 Å². The summed E-state index contributed by atoms with van der Waals surface area (Å²) in [5.74, 6) is -0.112. The first-order valence-electron chi connectivity index (χ1n) is 6.40. The Bertz CT molecular complexity index is 568. The predicted molar refractivity (Wildman–Crippen MR) is 71.5 cm³/mol. The second-order valence-electron chi connectivity index (χ2n) is 4.71. The third-order valence-corrected chi connectivity index (χ3v) is 3.16. The lowest BCUT2D eigenvalue weighted by molar-refractivity contribution is -0.126.